The zero-order chi connectivity index (χ0) is 16.2. The van der Waals surface area contributed by atoms with Crippen LogP contribution in [0.4, 0.5) is 4.39 Å². The van der Waals surface area contributed by atoms with E-state index in [9.17, 15) is 14.0 Å². The summed E-state index contributed by atoms with van der Waals surface area (Å²) in [5.41, 5.74) is 3.46. The first-order valence-electron chi connectivity index (χ1n) is 6.75. The minimum atomic E-state index is -0.437. The van der Waals surface area contributed by atoms with Crippen molar-refractivity contribution in [3.05, 3.63) is 82.0 Å². The van der Waals surface area contributed by atoms with Crippen molar-refractivity contribution in [2.75, 3.05) is 0 Å². The van der Waals surface area contributed by atoms with Crippen LogP contribution in [0, 0.1) is 5.82 Å². The van der Waals surface area contributed by atoms with E-state index in [1.807, 2.05) is 0 Å². The zero-order valence-electron chi connectivity index (χ0n) is 11.8. The van der Waals surface area contributed by atoms with E-state index in [-0.39, 0.29) is 0 Å². The third-order valence-corrected chi connectivity index (χ3v) is 3.13. The highest BCUT2D eigenvalue weighted by molar-refractivity contribution is 5.95. The average Bonchev–Trinajstić information content (AvgIpc) is 2.55. The Labute approximate surface area is 130 Å². The van der Waals surface area contributed by atoms with Crippen molar-refractivity contribution in [3.8, 4) is 0 Å². The van der Waals surface area contributed by atoms with Gasteiger partial charge in [0.2, 0.25) is 0 Å². The molecule has 0 unspecified atom stereocenters. The molecule has 6 heteroatoms. The predicted octanol–water partition coefficient (Wildman–Crippen LogP) is 2.70. The number of fused-ring (bicyclic) bond motifs is 1. The Hall–Kier alpha value is -3.28. The number of nitrogens with one attached hydrogen (secondary N) is 1. The maximum atomic E-state index is 12.8. The van der Waals surface area contributed by atoms with Crippen LogP contribution < -0.4 is 11.1 Å². The molecular weight excluding hydrogens is 299 g/mol. The van der Waals surface area contributed by atoms with Gasteiger partial charge in [-0.2, -0.15) is 5.10 Å². The van der Waals surface area contributed by atoms with Crippen molar-refractivity contribution in [2.45, 2.75) is 0 Å². The lowest BCUT2D eigenvalue weighted by Gasteiger charge is -2.00. The lowest BCUT2D eigenvalue weighted by Crippen LogP contribution is -2.17. The maximum Gasteiger partial charge on any atom is 0.336 e. The standard InChI is InChI=1S/C17H11FN2O3/c18-14-5-2-12(3-6-14)17(22)20-19-10-11-1-7-15-13(9-11)4-8-16(21)23-15/h1-10H,(H,20,22)/b19-10+. The molecule has 23 heavy (non-hydrogen) atoms. The fourth-order valence-corrected chi connectivity index (χ4v) is 2.00. The van der Waals surface area contributed by atoms with Crippen LogP contribution in [-0.4, -0.2) is 12.1 Å². The molecule has 0 radical (unpaired) electrons. The van der Waals surface area contributed by atoms with E-state index in [4.69, 9.17) is 4.42 Å². The van der Waals surface area contributed by atoms with Crippen molar-refractivity contribution < 1.29 is 13.6 Å². The summed E-state index contributed by atoms with van der Waals surface area (Å²) in [6.45, 7) is 0. The number of hydrazone groups is 1. The Morgan fingerprint density at radius 1 is 1.09 bits per heavy atom. The number of carbonyl (C=O) groups excluding carboxylic acids is 1. The molecule has 1 heterocycles. The molecule has 0 aliphatic rings. The predicted molar refractivity (Wildman–Crippen MR) is 83.9 cm³/mol. The fourth-order valence-electron chi connectivity index (χ4n) is 2.00. The van der Waals surface area contributed by atoms with Gasteiger partial charge in [-0.25, -0.2) is 14.6 Å². The van der Waals surface area contributed by atoms with E-state index in [2.05, 4.69) is 10.5 Å². The Morgan fingerprint density at radius 2 is 1.87 bits per heavy atom. The number of benzene rings is 2. The van der Waals surface area contributed by atoms with Crippen molar-refractivity contribution in [2.24, 2.45) is 5.10 Å². The highest BCUT2D eigenvalue weighted by atomic mass is 19.1. The Balaban J connectivity index is 1.72. The lowest BCUT2D eigenvalue weighted by atomic mass is 10.1. The van der Waals surface area contributed by atoms with E-state index in [1.165, 1.54) is 36.5 Å². The molecule has 5 nitrogen and oxygen atoms in total. The molecule has 0 fully saturated rings. The van der Waals surface area contributed by atoms with E-state index in [0.29, 0.717) is 11.1 Å². The van der Waals surface area contributed by atoms with Crippen molar-refractivity contribution in [3.63, 3.8) is 0 Å². The van der Waals surface area contributed by atoms with Crippen LogP contribution in [-0.2, 0) is 0 Å². The number of carbonyl (C=O) groups is 1. The Kier molecular flexibility index (Phi) is 3.97. The van der Waals surface area contributed by atoms with Crippen LogP contribution in [0.1, 0.15) is 15.9 Å². The smallest absolute Gasteiger partial charge is 0.336 e. The van der Waals surface area contributed by atoms with Crippen LogP contribution in [0.25, 0.3) is 11.0 Å². The highest BCUT2D eigenvalue weighted by Gasteiger charge is 2.03. The summed E-state index contributed by atoms with van der Waals surface area (Å²) in [6.07, 6.45) is 1.46. The second-order valence-electron chi connectivity index (χ2n) is 4.76. The lowest BCUT2D eigenvalue weighted by molar-refractivity contribution is 0.0955. The Bertz CT molecular complexity index is 946. The van der Waals surface area contributed by atoms with Gasteiger partial charge in [0.05, 0.1) is 6.21 Å². The first-order chi connectivity index (χ1) is 11.1. The van der Waals surface area contributed by atoms with Gasteiger partial charge >= 0.3 is 5.63 Å². The van der Waals surface area contributed by atoms with Crippen LogP contribution >= 0.6 is 0 Å². The van der Waals surface area contributed by atoms with Gasteiger partial charge in [-0.1, -0.05) is 0 Å². The third-order valence-electron chi connectivity index (χ3n) is 3.13. The van der Waals surface area contributed by atoms with Crippen LogP contribution in [0.15, 0.2) is 68.9 Å². The molecule has 0 spiro atoms. The van der Waals surface area contributed by atoms with Gasteiger partial charge in [0.15, 0.2) is 0 Å². The Morgan fingerprint density at radius 3 is 2.65 bits per heavy atom. The zero-order valence-corrected chi connectivity index (χ0v) is 11.8. The van der Waals surface area contributed by atoms with Gasteiger partial charge in [0, 0.05) is 17.0 Å². The minimum Gasteiger partial charge on any atom is -0.423 e. The second-order valence-corrected chi connectivity index (χ2v) is 4.76. The molecule has 1 N–H and O–H groups in total. The summed E-state index contributed by atoms with van der Waals surface area (Å²) < 4.78 is 17.8. The molecule has 1 aromatic heterocycles. The van der Waals surface area contributed by atoms with Crippen molar-refractivity contribution in [1.82, 2.24) is 5.43 Å². The van der Waals surface area contributed by atoms with E-state index >= 15 is 0 Å². The summed E-state index contributed by atoms with van der Waals surface area (Å²) in [6, 6.07) is 13.3. The van der Waals surface area contributed by atoms with Gasteiger partial charge in [-0.05, 0) is 54.1 Å². The quantitative estimate of drug-likeness (QED) is 0.459. The second kappa shape index (κ2) is 6.23. The first kappa shape index (κ1) is 14.6. The first-order valence-corrected chi connectivity index (χ1v) is 6.75. The molecule has 1 amide bonds. The molecule has 3 rings (SSSR count). The van der Waals surface area contributed by atoms with E-state index < -0.39 is 17.3 Å². The summed E-state index contributed by atoms with van der Waals surface area (Å²) in [5.74, 6) is -0.846. The molecule has 0 aliphatic heterocycles. The SMILES string of the molecule is O=C(N/N=C/c1ccc2oc(=O)ccc2c1)c1ccc(F)cc1. The topological polar surface area (TPSA) is 71.7 Å². The summed E-state index contributed by atoms with van der Waals surface area (Å²) >= 11 is 0. The number of nitrogens with zero attached hydrogens (tertiary/aromatic N) is 1. The van der Waals surface area contributed by atoms with Gasteiger partial charge in [-0.3, -0.25) is 4.79 Å². The molecule has 0 bridgehead atoms. The normalized spacial score (nSPS) is 11.0. The number of rotatable bonds is 3. The largest absolute Gasteiger partial charge is 0.423 e. The number of hydrogen-bond donors (Lipinski definition) is 1. The monoisotopic (exact) mass is 310 g/mol. The number of halogens is 1. The van der Waals surface area contributed by atoms with Crippen molar-refractivity contribution >= 4 is 23.1 Å². The van der Waals surface area contributed by atoms with Crippen LogP contribution in [0.3, 0.4) is 0 Å². The molecule has 3 aromatic rings. The minimum absolute atomic E-state index is 0.309. The molecular formula is C17H11FN2O3. The fraction of sp³-hybridized carbons (Fsp3) is 0. The summed E-state index contributed by atoms with van der Waals surface area (Å²) in [7, 11) is 0. The molecule has 0 atom stereocenters. The highest BCUT2D eigenvalue weighted by Crippen LogP contribution is 2.12. The summed E-state index contributed by atoms with van der Waals surface area (Å²) in [4.78, 5) is 22.9. The maximum absolute atomic E-state index is 12.8. The van der Waals surface area contributed by atoms with E-state index in [0.717, 1.165) is 10.9 Å². The third kappa shape index (κ3) is 3.49. The molecule has 0 saturated heterocycles. The molecule has 0 saturated carbocycles. The molecule has 114 valence electrons. The number of amides is 1. The number of hydrogen-bond acceptors (Lipinski definition) is 4. The van der Waals surface area contributed by atoms with E-state index in [1.54, 1.807) is 24.3 Å². The van der Waals surface area contributed by atoms with Gasteiger partial charge in [0.1, 0.15) is 11.4 Å². The van der Waals surface area contributed by atoms with Crippen LogP contribution in [0.2, 0.25) is 0 Å². The van der Waals surface area contributed by atoms with Crippen LogP contribution in [0.5, 0.6) is 0 Å². The van der Waals surface area contributed by atoms with Gasteiger partial charge < -0.3 is 4.42 Å². The molecule has 2 aromatic carbocycles. The average molecular weight is 310 g/mol. The van der Waals surface area contributed by atoms with Gasteiger partial charge in [0.25, 0.3) is 5.91 Å². The van der Waals surface area contributed by atoms with Gasteiger partial charge in [-0.15, -0.1) is 0 Å². The van der Waals surface area contributed by atoms with Crippen molar-refractivity contribution in [1.29, 1.82) is 0 Å². The molecule has 0 aliphatic carbocycles. The summed E-state index contributed by atoms with van der Waals surface area (Å²) in [5, 5.41) is 4.60.